The largest absolute Gasteiger partial charge is 0.573 e. The van der Waals surface area contributed by atoms with Gasteiger partial charge in [0.2, 0.25) is 0 Å². The van der Waals surface area contributed by atoms with Crippen LogP contribution in [0.15, 0.2) is 17.2 Å². The van der Waals surface area contributed by atoms with E-state index >= 15 is 0 Å². The topological polar surface area (TPSA) is 84.9 Å². The van der Waals surface area contributed by atoms with Gasteiger partial charge in [-0.3, -0.25) is 0 Å². The van der Waals surface area contributed by atoms with E-state index in [2.05, 4.69) is 9.84 Å². The van der Waals surface area contributed by atoms with E-state index in [1.54, 1.807) is 0 Å². The summed E-state index contributed by atoms with van der Waals surface area (Å²) in [5.74, 6) is 2.64. The number of alkyl halides is 3. The van der Waals surface area contributed by atoms with Crippen molar-refractivity contribution in [1.29, 1.82) is 0 Å². The third-order valence-electron chi connectivity index (χ3n) is 1.82. The molecule has 0 spiro atoms. The van der Waals surface area contributed by atoms with Crippen molar-refractivity contribution in [3.63, 3.8) is 0 Å². The Balaban J connectivity index is 3.29. The molecular formula is C9H5Cl2F3N2O3. The Morgan fingerprint density at radius 3 is 2.11 bits per heavy atom. The number of hydrazone groups is 1. The molecule has 0 radical (unpaired) electrons. The number of ether oxygens (including phenoxy) is 1. The highest BCUT2D eigenvalue weighted by Gasteiger charge is 2.32. The van der Waals surface area contributed by atoms with E-state index in [0.717, 1.165) is 12.1 Å². The quantitative estimate of drug-likeness (QED) is 0.510. The van der Waals surface area contributed by atoms with Crippen LogP contribution < -0.4 is 10.6 Å². The van der Waals surface area contributed by atoms with Crippen LogP contribution in [-0.4, -0.2) is 23.1 Å². The van der Waals surface area contributed by atoms with E-state index < -0.39 is 33.8 Å². The van der Waals surface area contributed by atoms with Gasteiger partial charge in [-0.25, -0.2) is 4.79 Å². The first-order valence-electron chi connectivity index (χ1n) is 4.42. The minimum Gasteiger partial charge on any atom is -0.476 e. The monoisotopic (exact) mass is 316 g/mol. The SMILES string of the molecule is NN=C(C(=O)O)c1c(Cl)cc(OC(F)(F)F)cc1Cl. The number of nitrogens with zero attached hydrogens (tertiary/aromatic N) is 1. The number of hydrogen-bond donors (Lipinski definition) is 2. The zero-order valence-corrected chi connectivity index (χ0v) is 10.3. The van der Waals surface area contributed by atoms with Crippen LogP contribution in [0.2, 0.25) is 10.0 Å². The third-order valence-corrected chi connectivity index (χ3v) is 2.41. The first kappa shape index (κ1) is 15.4. The number of rotatable bonds is 3. The molecule has 0 saturated carbocycles. The Morgan fingerprint density at radius 1 is 1.32 bits per heavy atom. The van der Waals surface area contributed by atoms with Crippen LogP contribution in [0.3, 0.4) is 0 Å². The van der Waals surface area contributed by atoms with Gasteiger partial charge >= 0.3 is 12.3 Å². The Bertz CT molecular complexity index is 523. The Morgan fingerprint density at radius 2 is 1.79 bits per heavy atom. The summed E-state index contributed by atoms with van der Waals surface area (Å²) in [6.45, 7) is 0. The van der Waals surface area contributed by atoms with E-state index in [0.29, 0.717) is 0 Å². The highest BCUT2D eigenvalue weighted by Crippen LogP contribution is 2.33. The van der Waals surface area contributed by atoms with E-state index in [9.17, 15) is 18.0 Å². The fraction of sp³-hybridized carbons (Fsp3) is 0.111. The van der Waals surface area contributed by atoms with E-state index in [1.165, 1.54) is 0 Å². The van der Waals surface area contributed by atoms with Crippen molar-refractivity contribution in [3.05, 3.63) is 27.7 Å². The van der Waals surface area contributed by atoms with Crippen LogP contribution in [-0.2, 0) is 4.79 Å². The average Bonchev–Trinajstić information content (AvgIpc) is 2.20. The van der Waals surface area contributed by atoms with Gasteiger partial charge in [-0.1, -0.05) is 23.2 Å². The number of nitrogens with two attached hydrogens (primary N) is 1. The predicted octanol–water partition coefficient (Wildman–Crippen LogP) is 2.64. The van der Waals surface area contributed by atoms with Crippen LogP contribution in [0.25, 0.3) is 0 Å². The molecule has 0 bridgehead atoms. The number of halogens is 5. The van der Waals surface area contributed by atoms with Crippen molar-refractivity contribution in [2.45, 2.75) is 6.36 Å². The molecule has 1 aromatic rings. The average molecular weight is 317 g/mol. The minimum absolute atomic E-state index is 0.298. The van der Waals surface area contributed by atoms with Crippen molar-refractivity contribution >= 4 is 34.9 Å². The molecular weight excluding hydrogens is 312 g/mol. The zero-order chi connectivity index (χ0) is 14.8. The molecule has 0 atom stereocenters. The minimum atomic E-state index is -4.92. The first-order valence-corrected chi connectivity index (χ1v) is 5.17. The lowest BCUT2D eigenvalue weighted by atomic mass is 10.1. The molecule has 0 aromatic heterocycles. The summed E-state index contributed by atoms with van der Waals surface area (Å²) in [5, 5.41) is 11.0. The molecule has 1 aromatic carbocycles. The van der Waals surface area contributed by atoms with Crippen LogP contribution in [0, 0.1) is 0 Å². The maximum absolute atomic E-state index is 12.0. The molecule has 10 heteroatoms. The molecule has 19 heavy (non-hydrogen) atoms. The standard InChI is InChI=1S/C9H5Cl2F3N2O3/c10-4-1-3(19-9(12,13)14)2-5(11)6(4)7(16-15)8(17)18/h1-2H,15H2,(H,17,18). The smallest absolute Gasteiger partial charge is 0.476 e. The number of benzene rings is 1. The molecule has 0 aliphatic heterocycles. The first-order chi connectivity index (χ1) is 8.65. The fourth-order valence-electron chi connectivity index (χ4n) is 1.20. The van der Waals surface area contributed by atoms with E-state index in [4.69, 9.17) is 34.2 Å². The summed E-state index contributed by atoms with van der Waals surface area (Å²) < 4.78 is 39.6. The van der Waals surface area contributed by atoms with Crippen molar-refractivity contribution in [2.24, 2.45) is 10.9 Å². The summed E-state index contributed by atoms with van der Waals surface area (Å²) in [6, 6.07) is 1.51. The highest BCUT2D eigenvalue weighted by molar-refractivity contribution is 6.50. The number of carbonyl (C=O) groups is 1. The predicted molar refractivity (Wildman–Crippen MR) is 61.5 cm³/mol. The van der Waals surface area contributed by atoms with Crippen molar-refractivity contribution in [1.82, 2.24) is 0 Å². The lowest BCUT2D eigenvalue weighted by Crippen LogP contribution is -2.19. The molecule has 0 aliphatic rings. The fourth-order valence-corrected chi connectivity index (χ4v) is 1.84. The van der Waals surface area contributed by atoms with Gasteiger partial charge < -0.3 is 15.7 Å². The number of hydrogen-bond acceptors (Lipinski definition) is 4. The summed E-state index contributed by atoms with van der Waals surface area (Å²) in [5.41, 5.74) is -0.985. The highest BCUT2D eigenvalue weighted by atomic mass is 35.5. The number of carboxylic acid groups (broad SMARTS) is 1. The van der Waals surface area contributed by atoms with Crippen molar-refractivity contribution in [3.8, 4) is 5.75 Å². The van der Waals surface area contributed by atoms with Gasteiger partial charge in [-0.2, -0.15) is 5.10 Å². The summed E-state index contributed by atoms with van der Waals surface area (Å²) in [4.78, 5) is 10.8. The van der Waals surface area contributed by atoms with E-state index in [-0.39, 0.29) is 5.56 Å². The van der Waals surface area contributed by atoms with Crippen LogP contribution in [0.5, 0.6) is 5.75 Å². The molecule has 0 fully saturated rings. The maximum Gasteiger partial charge on any atom is 0.573 e. The van der Waals surface area contributed by atoms with Gasteiger partial charge in [0.15, 0.2) is 5.71 Å². The second-order valence-corrected chi connectivity index (χ2v) is 3.91. The molecule has 0 saturated heterocycles. The molecule has 0 aliphatic carbocycles. The Hall–Kier alpha value is -1.67. The van der Waals surface area contributed by atoms with Crippen LogP contribution in [0.1, 0.15) is 5.56 Å². The van der Waals surface area contributed by atoms with E-state index in [1.807, 2.05) is 0 Å². The third kappa shape index (κ3) is 3.90. The lowest BCUT2D eigenvalue weighted by Gasteiger charge is -2.12. The van der Waals surface area contributed by atoms with Gasteiger partial charge in [0.1, 0.15) is 5.75 Å². The second kappa shape index (κ2) is 5.54. The van der Waals surface area contributed by atoms with Gasteiger partial charge in [0.25, 0.3) is 0 Å². The number of carboxylic acids is 1. The van der Waals surface area contributed by atoms with Gasteiger partial charge in [0, 0.05) is 5.56 Å². The van der Waals surface area contributed by atoms with Gasteiger partial charge in [-0.15, -0.1) is 13.2 Å². The van der Waals surface area contributed by atoms with Crippen LogP contribution in [0.4, 0.5) is 13.2 Å². The summed E-state index contributed by atoms with van der Waals surface area (Å²) in [6.07, 6.45) is -4.92. The Kier molecular flexibility index (Phi) is 4.48. The Labute approximate surface area is 114 Å². The molecule has 0 amide bonds. The summed E-state index contributed by atoms with van der Waals surface area (Å²) >= 11 is 11.3. The van der Waals surface area contributed by atoms with Gasteiger partial charge in [-0.05, 0) is 12.1 Å². The second-order valence-electron chi connectivity index (χ2n) is 3.09. The normalized spacial score (nSPS) is 12.4. The molecule has 1 rings (SSSR count). The molecule has 3 N–H and O–H groups in total. The van der Waals surface area contributed by atoms with Crippen molar-refractivity contribution < 1.29 is 27.8 Å². The zero-order valence-electron chi connectivity index (χ0n) is 8.83. The maximum atomic E-state index is 12.0. The molecule has 5 nitrogen and oxygen atoms in total. The lowest BCUT2D eigenvalue weighted by molar-refractivity contribution is -0.274. The molecule has 0 heterocycles. The molecule has 104 valence electrons. The van der Waals surface area contributed by atoms with Gasteiger partial charge in [0.05, 0.1) is 10.0 Å². The van der Waals surface area contributed by atoms with Crippen LogP contribution >= 0.6 is 23.2 Å². The van der Waals surface area contributed by atoms with Crippen molar-refractivity contribution in [2.75, 3.05) is 0 Å². The molecule has 0 unspecified atom stereocenters. The number of aliphatic carboxylic acids is 1. The summed E-state index contributed by atoms with van der Waals surface area (Å²) in [7, 11) is 0.